The molecule has 0 aliphatic carbocycles. The van der Waals surface area contributed by atoms with Gasteiger partial charge in [0, 0.05) is 67.6 Å². The highest BCUT2D eigenvalue weighted by Gasteiger charge is 2.40. The Bertz CT molecular complexity index is 1680. The lowest BCUT2D eigenvalue weighted by atomic mass is 10.0. The van der Waals surface area contributed by atoms with Crippen LogP contribution in [0, 0.1) is 17.1 Å². The normalized spacial score (nSPS) is 18.4. The molecular formula is C34H34FN5O5. The number of hydrogen-bond acceptors (Lipinski definition) is 8. The standard InChI is InChI=1S/C34H34FN5O5/c1-2-44-31-17-25(9-8-23(31)18-36)39-14-12-38(13-15-39)19-24-7-6-22(16-28(24)35)21-45-30-5-3-4-26-27(30)20-40(34(26)43)29-10-11-32(41)37-33(29)42/h3-9,16-17,29H,2,10-15,19-21H2,1H3,(H,37,41,42)/t29-/m0/s1. The molecule has 10 nitrogen and oxygen atoms in total. The third-order valence-corrected chi connectivity index (χ3v) is 8.57. The minimum absolute atomic E-state index is 0.118. The first-order valence-corrected chi connectivity index (χ1v) is 15.2. The SMILES string of the molecule is CCOc1cc(N2CCN(Cc3ccc(COc4cccc5c4CN([C@H]4CCC(=O)NC4=O)C5=O)cc3F)CC2)ccc1C#N. The monoisotopic (exact) mass is 611 g/mol. The lowest BCUT2D eigenvalue weighted by Crippen LogP contribution is -2.52. The number of anilines is 1. The van der Waals surface area contributed by atoms with Crippen LogP contribution in [0.4, 0.5) is 10.1 Å². The number of amides is 3. The van der Waals surface area contributed by atoms with Gasteiger partial charge in [-0.2, -0.15) is 5.26 Å². The third-order valence-electron chi connectivity index (χ3n) is 8.57. The van der Waals surface area contributed by atoms with Gasteiger partial charge >= 0.3 is 0 Å². The number of piperidine rings is 1. The Hall–Kier alpha value is -4.95. The second-order valence-corrected chi connectivity index (χ2v) is 11.4. The van der Waals surface area contributed by atoms with Gasteiger partial charge in [0.25, 0.3) is 5.91 Å². The maximum absolute atomic E-state index is 15.2. The molecule has 0 spiro atoms. The zero-order valence-electron chi connectivity index (χ0n) is 25.1. The quantitative estimate of drug-likeness (QED) is 0.364. The van der Waals surface area contributed by atoms with E-state index in [0.717, 1.165) is 31.9 Å². The first kappa shape index (κ1) is 30.1. The van der Waals surface area contributed by atoms with Gasteiger partial charge in [-0.3, -0.25) is 24.6 Å². The van der Waals surface area contributed by atoms with Crippen molar-refractivity contribution < 1.29 is 28.2 Å². The van der Waals surface area contributed by atoms with Crippen LogP contribution in [-0.4, -0.2) is 66.3 Å². The number of ether oxygens (including phenoxy) is 2. The van der Waals surface area contributed by atoms with Crippen LogP contribution in [0.1, 0.15) is 52.4 Å². The van der Waals surface area contributed by atoms with Crippen LogP contribution in [0.3, 0.4) is 0 Å². The number of benzene rings is 3. The van der Waals surface area contributed by atoms with Gasteiger partial charge in [0.2, 0.25) is 11.8 Å². The highest BCUT2D eigenvalue weighted by atomic mass is 19.1. The summed E-state index contributed by atoms with van der Waals surface area (Å²) in [5.74, 6) is -0.270. The Kier molecular flexibility index (Phi) is 8.67. The fourth-order valence-electron chi connectivity index (χ4n) is 6.14. The van der Waals surface area contributed by atoms with E-state index in [1.165, 1.54) is 11.0 Å². The van der Waals surface area contributed by atoms with Crippen molar-refractivity contribution in [2.24, 2.45) is 0 Å². The van der Waals surface area contributed by atoms with Crippen molar-refractivity contribution in [3.8, 4) is 17.6 Å². The number of nitriles is 1. The van der Waals surface area contributed by atoms with Gasteiger partial charge in [0.15, 0.2) is 0 Å². The van der Waals surface area contributed by atoms with E-state index in [-0.39, 0.29) is 43.6 Å². The molecular weight excluding hydrogens is 577 g/mol. The number of carbonyl (C=O) groups is 3. The molecule has 3 aliphatic rings. The summed E-state index contributed by atoms with van der Waals surface area (Å²) in [6, 6.07) is 17.4. The van der Waals surface area contributed by atoms with Gasteiger partial charge in [0.05, 0.1) is 18.7 Å². The third kappa shape index (κ3) is 6.33. The molecule has 3 aromatic rings. The Morgan fingerprint density at radius 3 is 2.56 bits per heavy atom. The molecule has 1 atom stereocenters. The molecule has 3 aromatic carbocycles. The minimum Gasteiger partial charge on any atom is -0.492 e. The molecule has 0 unspecified atom stereocenters. The molecule has 45 heavy (non-hydrogen) atoms. The number of hydrogen-bond donors (Lipinski definition) is 1. The van der Waals surface area contributed by atoms with E-state index in [1.807, 2.05) is 25.1 Å². The highest BCUT2D eigenvalue weighted by Crippen LogP contribution is 2.34. The summed E-state index contributed by atoms with van der Waals surface area (Å²) in [7, 11) is 0. The number of nitrogens with one attached hydrogen (secondary N) is 1. The van der Waals surface area contributed by atoms with Crippen molar-refractivity contribution >= 4 is 23.4 Å². The molecule has 0 saturated carbocycles. The van der Waals surface area contributed by atoms with E-state index < -0.39 is 11.9 Å². The topological polar surface area (TPSA) is 115 Å². The van der Waals surface area contributed by atoms with Gasteiger partial charge in [-0.05, 0) is 49.2 Å². The average molecular weight is 612 g/mol. The Morgan fingerprint density at radius 2 is 1.82 bits per heavy atom. The molecule has 2 saturated heterocycles. The molecule has 3 heterocycles. The molecule has 11 heteroatoms. The summed E-state index contributed by atoms with van der Waals surface area (Å²) in [4.78, 5) is 43.0. The average Bonchev–Trinajstić information content (AvgIpc) is 3.38. The summed E-state index contributed by atoms with van der Waals surface area (Å²) >= 11 is 0. The number of fused-ring (bicyclic) bond motifs is 1. The first-order valence-electron chi connectivity index (χ1n) is 15.2. The molecule has 0 bridgehead atoms. The predicted octanol–water partition coefficient (Wildman–Crippen LogP) is 3.76. The number of carbonyl (C=O) groups excluding carboxylic acids is 3. The summed E-state index contributed by atoms with van der Waals surface area (Å²) in [6.07, 6.45) is 0.473. The lowest BCUT2D eigenvalue weighted by molar-refractivity contribution is -0.136. The molecule has 2 fully saturated rings. The van der Waals surface area contributed by atoms with E-state index >= 15 is 4.39 Å². The Labute approximate surface area is 260 Å². The maximum Gasteiger partial charge on any atom is 0.255 e. The van der Waals surface area contributed by atoms with Crippen LogP contribution in [0.5, 0.6) is 11.5 Å². The zero-order valence-corrected chi connectivity index (χ0v) is 25.1. The number of halogens is 1. The lowest BCUT2D eigenvalue weighted by Gasteiger charge is -2.36. The summed E-state index contributed by atoms with van der Waals surface area (Å²) in [5, 5.41) is 11.6. The summed E-state index contributed by atoms with van der Waals surface area (Å²) < 4.78 is 26.9. The fourth-order valence-corrected chi connectivity index (χ4v) is 6.14. The van der Waals surface area contributed by atoms with E-state index in [1.54, 1.807) is 30.3 Å². The van der Waals surface area contributed by atoms with Crippen molar-refractivity contribution in [2.45, 2.75) is 45.5 Å². The van der Waals surface area contributed by atoms with Crippen LogP contribution >= 0.6 is 0 Å². The van der Waals surface area contributed by atoms with Gasteiger partial charge < -0.3 is 19.3 Å². The van der Waals surface area contributed by atoms with E-state index in [9.17, 15) is 19.6 Å². The summed E-state index contributed by atoms with van der Waals surface area (Å²) in [5.41, 5.74) is 3.94. The molecule has 232 valence electrons. The van der Waals surface area contributed by atoms with Gasteiger partial charge in [-0.1, -0.05) is 18.2 Å². The minimum atomic E-state index is -0.704. The van der Waals surface area contributed by atoms with E-state index in [0.29, 0.717) is 52.5 Å². The zero-order chi connectivity index (χ0) is 31.5. The van der Waals surface area contributed by atoms with Crippen molar-refractivity contribution in [2.75, 3.05) is 37.7 Å². The van der Waals surface area contributed by atoms with Crippen molar-refractivity contribution in [1.82, 2.24) is 15.1 Å². The first-order chi connectivity index (χ1) is 21.8. The second kappa shape index (κ2) is 13.0. The second-order valence-electron chi connectivity index (χ2n) is 11.4. The van der Waals surface area contributed by atoms with Gasteiger partial charge in [-0.15, -0.1) is 0 Å². The Morgan fingerprint density at radius 1 is 1.00 bits per heavy atom. The number of rotatable bonds is 9. The number of piperazine rings is 1. The number of imide groups is 1. The molecule has 0 radical (unpaired) electrons. The smallest absolute Gasteiger partial charge is 0.255 e. The largest absolute Gasteiger partial charge is 0.492 e. The number of nitrogens with zero attached hydrogens (tertiary/aromatic N) is 4. The van der Waals surface area contributed by atoms with Crippen molar-refractivity contribution in [1.29, 1.82) is 5.26 Å². The molecule has 1 N–H and O–H groups in total. The maximum atomic E-state index is 15.2. The van der Waals surface area contributed by atoms with E-state index in [4.69, 9.17) is 9.47 Å². The van der Waals surface area contributed by atoms with Crippen molar-refractivity contribution in [3.05, 3.63) is 88.2 Å². The van der Waals surface area contributed by atoms with Crippen LogP contribution < -0.4 is 19.7 Å². The molecule has 3 aliphatic heterocycles. The van der Waals surface area contributed by atoms with Crippen molar-refractivity contribution in [3.63, 3.8) is 0 Å². The van der Waals surface area contributed by atoms with Crippen LogP contribution in [0.15, 0.2) is 54.6 Å². The molecule has 3 amide bonds. The van der Waals surface area contributed by atoms with E-state index in [2.05, 4.69) is 21.2 Å². The van der Waals surface area contributed by atoms with Crippen LogP contribution in [-0.2, 0) is 29.3 Å². The molecule has 0 aromatic heterocycles. The summed E-state index contributed by atoms with van der Waals surface area (Å²) in [6.45, 7) is 6.27. The predicted molar refractivity (Wildman–Crippen MR) is 163 cm³/mol. The molecule has 6 rings (SSSR count). The Balaban J connectivity index is 1.04. The van der Waals surface area contributed by atoms with Gasteiger partial charge in [-0.25, -0.2) is 4.39 Å². The van der Waals surface area contributed by atoms with Crippen LogP contribution in [0.25, 0.3) is 0 Å². The fraction of sp³-hybridized carbons (Fsp3) is 0.353. The van der Waals surface area contributed by atoms with Crippen LogP contribution in [0.2, 0.25) is 0 Å². The van der Waals surface area contributed by atoms with Gasteiger partial charge in [0.1, 0.15) is 36.0 Å². The highest BCUT2D eigenvalue weighted by molar-refractivity contribution is 6.05.